The molecule has 0 fully saturated rings. The second-order valence-electron chi connectivity index (χ2n) is 5.75. The zero-order valence-corrected chi connectivity index (χ0v) is 12.8. The predicted octanol–water partition coefficient (Wildman–Crippen LogP) is 1.51. The first-order valence-corrected chi connectivity index (χ1v) is 8.01. The molecule has 3 heterocycles. The molecule has 0 saturated carbocycles. The van der Waals surface area contributed by atoms with Crippen LogP contribution in [0.25, 0.3) is 0 Å². The van der Waals surface area contributed by atoms with Crippen LogP contribution in [0.3, 0.4) is 0 Å². The Morgan fingerprint density at radius 2 is 2.23 bits per heavy atom. The summed E-state index contributed by atoms with van der Waals surface area (Å²) >= 11 is 0. The molecule has 0 spiro atoms. The molecular formula is C16H23N3O3. The second kappa shape index (κ2) is 6.87. The lowest BCUT2D eigenvalue weighted by Crippen LogP contribution is -2.24. The average Bonchev–Trinajstić information content (AvgIpc) is 3.22. The van der Waals surface area contributed by atoms with E-state index in [1.54, 1.807) is 10.8 Å². The number of aromatic nitrogens is 2. The highest BCUT2D eigenvalue weighted by Crippen LogP contribution is 2.23. The van der Waals surface area contributed by atoms with Crippen LogP contribution >= 0.6 is 0 Å². The fraction of sp³-hybridized carbons (Fsp3) is 0.562. The van der Waals surface area contributed by atoms with Crippen molar-refractivity contribution in [2.24, 2.45) is 0 Å². The molecule has 1 aliphatic rings. The molecule has 0 atom stereocenters. The monoisotopic (exact) mass is 305 g/mol. The van der Waals surface area contributed by atoms with Crippen molar-refractivity contribution in [1.82, 2.24) is 14.5 Å². The molecule has 1 aliphatic heterocycles. The third-order valence-electron chi connectivity index (χ3n) is 4.21. The van der Waals surface area contributed by atoms with Gasteiger partial charge in [-0.05, 0) is 44.4 Å². The molecular weight excluding hydrogens is 282 g/mol. The number of hydrogen-bond donors (Lipinski definition) is 2. The highest BCUT2D eigenvalue weighted by atomic mass is 16.3. The number of aromatic hydroxyl groups is 1. The van der Waals surface area contributed by atoms with E-state index in [0.717, 1.165) is 63.2 Å². The van der Waals surface area contributed by atoms with Gasteiger partial charge < -0.3 is 14.8 Å². The van der Waals surface area contributed by atoms with Crippen LogP contribution in [0.2, 0.25) is 0 Å². The van der Waals surface area contributed by atoms with E-state index in [0.29, 0.717) is 6.54 Å². The highest BCUT2D eigenvalue weighted by Gasteiger charge is 2.22. The van der Waals surface area contributed by atoms with Gasteiger partial charge in [0, 0.05) is 26.1 Å². The minimum atomic E-state index is -0.0595. The number of fused-ring (bicyclic) bond motifs is 1. The lowest BCUT2D eigenvalue weighted by molar-refractivity contribution is 0.400. The average molecular weight is 305 g/mol. The minimum Gasteiger partial charge on any atom is -0.493 e. The number of rotatable bonds is 8. The van der Waals surface area contributed by atoms with Gasteiger partial charge in [-0.2, -0.15) is 0 Å². The summed E-state index contributed by atoms with van der Waals surface area (Å²) in [5.41, 5.74) is 0.748. The summed E-state index contributed by atoms with van der Waals surface area (Å²) < 4.78 is 8.48. The van der Waals surface area contributed by atoms with E-state index in [-0.39, 0.29) is 11.6 Å². The normalized spacial score (nSPS) is 13.6. The van der Waals surface area contributed by atoms with Crippen molar-refractivity contribution in [3.63, 3.8) is 0 Å². The van der Waals surface area contributed by atoms with Crippen molar-refractivity contribution in [2.75, 3.05) is 13.1 Å². The van der Waals surface area contributed by atoms with E-state index in [4.69, 9.17) is 4.42 Å². The number of nitrogens with zero attached hydrogens (tertiary/aromatic N) is 2. The van der Waals surface area contributed by atoms with E-state index >= 15 is 0 Å². The van der Waals surface area contributed by atoms with Crippen molar-refractivity contribution in [3.05, 3.63) is 40.3 Å². The molecule has 2 N–H and O–H groups in total. The molecule has 0 aromatic carbocycles. The number of hydrogen-bond acceptors (Lipinski definition) is 4. The third kappa shape index (κ3) is 3.11. The topological polar surface area (TPSA) is 72.3 Å². The molecule has 0 bridgehead atoms. The van der Waals surface area contributed by atoms with Crippen LogP contribution in [0.5, 0.6) is 5.88 Å². The minimum absolute atomic E-state index is 0.0595. The maximum Gasteiger partial charge on any atom is 0.331 e. The lowest BCUT2D eigenvalue weighted by Gasteiger charge is -2.05. The smallest absolute Gasteiger partial charge is 0.331 e. The van der Waals surface area contributed by atoms with Crippen LogP contribution in [-0.2, 0) is 25.9 Å². The zero-order chi connectivity index (χ0) is 15.4. The maximum atomic E-state index is 12.1. The first kappa shape index (κ1) is 15.0. The Labute approximate surface area is 129 Å². The maximum absolute atomic E-state index is 12.1. The van der Waals surface area contributed by atoms with Crippen molar-refractivity contribution in [3.8, 4) is 5.88 Å². The molecule has 2 aromatic heterocycles. The molecule has 0 saturated heterocycles. The second-order valence-corrected chi connectivity index (χ2v) is 5.75. The quantitative estimate of drug-likeness (QED) is 0.725. The molecule has 22 heavy (non-hydrogen) atoms. The van der Waals surface area contributed by atoms with Gasteiger partial charge in [0.05, 0.1) is 12.0 Å². The van der Waals surface area contributed by atoms with Crippen LogP contribution < -0.4 is 11.0 Å². The molecule has 0 amide bonds. The van der Waals surface area contributed by atoms with Crippen LogP contribution in [-0.4, -0.2) is 27.3 Å². The predicted molar refractivity (Wildman–Crippen MR) is 83.2 cm³/mol. The van der Waals surface area contributed by atoms with E-state index < -0.39 is 0 Å². The van der Waals surface area contributed by atoms with E-state index in [1.807, 2.05) is 12.1 Å². The van der Waals surface area contributed by atoms with Crippen molar-refractivity contribution >= 4 is 0 Å². The lowest BCUT2D eigenvalue weighted by atomic mass is 10.3. The van der Waals surface area contributed by atoms with Gasteiger partial charge in [-0.1, -0.05) is 0 Å². The highest BCUT2D eigenvalue weighted by molar-refractivity contribution is 5.22. The van der Waals surface area contributed by atoms with Gasteiger partial charge in [0.2, 0.25) is 5.88 Å². The van der Waals surface area contributed by atoms with E-state index in [2.05, 4.69) is 5.32 Å². The van der Waals surface area contributed by atoms with Gasteiger partial charge in [0.1, 0.15) is 5.76 Å². The fourth-order valence-electron chi connectivity index (χ4n) is 3.02. The van der Waals surface area contributed by atoms with Gasteiger partial charge in [0.15, 0.2) is 0 Å². The standard InChI is InChI=1S/C16H23N3O3/c20-15-14-6-3-11-18(14)16(21)19(15)10-2-1-8-17-9-7-13-5-4-12-22-13/h4-5,12,17,20H,1-3,6-11H2. The van der Waals surface area contributed by atoms with Gasteiger partial charge in [-0.3, -0.25) is 9.13 Å². The third-order valence-corrected chi connectivity index (χ3v) is 4.21. The molecule has 2 aromatic rings. The van der Waals surface area contributed by atoms with Crippen molar-refractivity contribution in [1.29, 1.82) is 0 Å². The van der Waals surface area contributed by atoms with Gasteiger partial charge in [-0.15, -0.1) is 0 Å². The number of unbranched alkanes of at least 4 members (excludes halogenated alkanes) is 1. The zero-order valence-electron chi connectivity index (χ0n) is 12.8. The summed E-state index contributed by atoms with van der Waals surface area (Å²) in [4.78, 5) is 12.1. The molecule has 6 heteroatoms. The van der Waals surface area contributed by atoms with Crippen LogP contribution in [0.1, 0.15) is 30.7 Å². The van der Waals surface area contributed by atoms with Gasteiger partial charge in [0.25, 0.3) is 0 Å². The SMILES string of the molecule is O=c1n(CCCCNCCc2ccco2)c(O)c2n1CCC2. The van der Waals surface area contributed by atoms with Gasteiger partial charge in [-0.25, -0.2) is 4.79 Å². The van der Waals surface area contributed by atoms with Crippen LogP contribution in [0.15, 0.2) is 27.6 Å². The van der Waals surface area contributed by atoms with Crippen molar-refractivity contribution in [2.45, 2.75) is 45.2 Å². The van der Waals surface area contributed by atoms with E-state index in [9.17, 15) is 9.90 Å². The van der Waals surface area contributed by atoms with Gasteiger partial charge >= 0.3 is 5.69 Å². The largest absolute Gasteiger partial charge is 0.493 e. The Morgan fingerprint density at radius 3 is 3.00 bits per heavy atom. The summed E-state index contributed by atoms with van der Waals surface area (Å²) in [6.45, 7) is 3.12. The summed E-state index contributed by atoms with van der Waals surface area (Å²) in [5.74, 6) is 1.17. The van der Waals surface area contributed by atoms with Crippen LogP contribution in [0.4, 0.5) is 0 Å². The molecule has 6 nitrogen and oxygen atoms in total. The Balaban J connectivity index is 1.36. The summed E-state index contributed by atoms with van der Waals surface area (Å²) in [6, 6.07) is 3.87. The Kier molecular flexibility index (Phi) is 4.68. The summed E-state index contributed by atoms with van der Waals surface area (Å²) in [6.07, 6.45) is 6.20. The number of nitrogens with one attached hydrogen (secondary N) is 1. The molecule has 3 rings (SSSR count). The molecule has 0 aliphatic carbocycles. The van der Waals surface area contributed by atoms with E-state index in [1.165, 1.54) is 4.57 Å². The summed E-state index contributed by atoms with van der Waals surface area (Å²) in [7, 11) is 0. The first-order chi connectivity index (χ1) is 10.8. The molecule has 0 radical (unpaired) electrons. The number of furan rings is 1. The Bertz CT molecular complexity index is 655. The summed E-state index contributed by atoms with van der Waals surface area (Å²) in [5, 5.41) is 13.5. The Hall–Kier alpha value is -1.95. The van der Waals surface area contributed by atoms with Crippen molar-refractivity contribution < 1.29 is 9.52 Å². The fourth-order valence-corrected chi connectivity index (χ4v) is 3.02. The number of imidazole rings is 1. The van der Waals surface area contributed by atoms with Crippen LogP contribution in [0, 0.1) is 0 Å². The Morgan fingerprint density at radius 1 is 1.32 bits per heavy atom. The molecule has 120 valence electrons. The molecule has 0 unspecified atom stereocenters. The first-order valence-electron chi connectivity index (χ1n) is 8.01.